The first-order chi connectivity index (χ1) is 19.1. The van der Waals surface area contributed by atoms with Crippen LogP contribution in [0.4, 0.5) is 0 Å². The molecule has 0 spiro atoms. The summed E-state index contributed by atoms with van der Waals surface area (Å²) < 4.78 is 0. The number of nitrogens with zero attached hydrogens (tertiary/aromatic N) is 2. The van der Waals surface area contributed by atoms with Crippen molar-refractivity contribution in [2.45, 2.75) is 51.0 Å². The minimum atomic E-state index is -0.391. The molecule has 4 rings (SSSR count). The van der Waals surface area contributed by atoms with E-state index < -0.39 is 6.04 Å². The Morgan fingerprint density at radius 1 is 0.897 bits per heavy atom. The summed E-state index contributed by atoms with van der Waals surface area (Å²) in [5, 5.41) is 2.94. The van der Waals surface area contributed by atoms with E-state index in [-0.39, 0.29) is 17.6 Å². The van der Waals surface area contributed by atoms with Crippen molar-refractivity contribution in [2.24, 2.45) is 5.92 Å². The Balaban J connectivity index is 1.27. The second kappa shape index (κ2) is 14.8. The molecule has 1 aromatic heterocycles. The van der Waals surface area contributed by atoms with Crippen LogP contribution in [0.15, 0.2) is 91.3 Å². The molecule has 6 heteroatoms. The topological polar surface area (TPSA) is 79.4 Å². The second-order valence-corrected chi connectivity index (χ2v) is 10.2. The lowest BCUT2D eigenvalue weighted by atomic mass is 9.84. The molecule has 1 N–H and O–H groups in total. The number of hydrogen-bond acceptors (Lipinski definition) is 4. The molecule has 2 amide bonds. The molecule has 2 atom stereocenters. The Hall–Kier alpha value is -4.06. The first-order valence-electron chi connectivity index (χ1n) is 13.8. The summed E-state index contributed by atoms with van der Waals surface area (Å²) in [6.45, 7) is 1.22. The van der Waals surface area contributed by atoms with Crippen LogP contribution in [0.3, 0.4) is 0 Å². The number of nitrogens with one attached hydrogen (secondary N) is 1. The monoisotopic (exact) mass is 523 g/mol. The van der Waals surface area contributed by atoms with Gasteiger partial charge in [-0.25, -0.2) is 0 Å². The summed E-state index contributed by atoms with van der Waals surface area (Å²) >= 11 is 0. The Labute approximate surface area is 231 Å². The molecule has 6 nitrogen and oxygen atoms in total. The SMILES string of the molecule is O=C(/C=C\c1cccnc1)NCCCCC1CCN(C(=O)Cc2ccccc2)C(C(=O)Cc2ccccc2)C1. The average Bonchev–Trinajstić information content (AvgIpc) is 2.97. The van der Waals surface area contributed by atoms with E-state index in [1.165, 1.54) is 6.08 Å². The summed E-state index contributed by atoms with van der Waals surface area (Å²) in [5.41, 5.74) is 2.84. The van der Waals surface area contributed by atoms with E-state index in [0.29, 0.717) is 38.3 Å². The molecule has 1 saturated heterocycles. The van der Waals surface area contributed by atoms with Gasteiger partial charge < -0.3 is 10.2 Å². The highest BCUT2D eigenvalue weighted by Crippen LogP contribution is 2.29. The van der Waals surface area contributed by atoms with Gasteiger partial charge >= 0.3 is 0 Å². The lowest BCUT2D eigenvalue weighted by Crippen LogP contribution is -2.51. The minimum absolute atomic E-state index is 0.0214. The highest BCUT2D eigenvalue weighted by atomic mass is 16.2. The van der Waals surface area contributed by atoms with Gasteiger partial charge in [-0.15, -0.1) is 0 Å². The largest absolute Gasteiger partial charge is 0.353 e. The minimum Gasteiger partial charge on any atom is -0.353 e. The van der Waals surface area contributed by atoms with Gasteiger partial charge in [0.2, 0.25) is 11.8 Å². The molecule has 2 unspecified atom stereocenters. The zero-order chi connectivity index (χ0) is 27.3. The van der Waals surface area contributed by atoms with Gasteiger partial charge in [-0.3, -0.25) is 19.4 Å². The molecule has 0 bridgehead atoms. The highest BCUT2D eigenvalue weighted by Gasteiger charge is 2.35. The summed E-state index contributed by atoms with van der Waals surface area (Å²) in [7, 11) is 0. The van der Waals surface area contributed by atoms with E-state index in [2.05, 4.69) is 10.3 Å². The fourth-order valence-electron chi connectivity index (χ4n) is 5.17. The Kier molecular flexibility index (Phi) is 10.6. The number of carbonyl (C=O) groups excluding carboxylic acids is 3. The van der Waals surface area contributed by atoms with Gasteiger partial charge in [-0.1, -0.05) is 79.6 Å². The quantitative estimate of drug-likeness (QED) is 0.266. The number of piperidine rings is 1. The van der Waals surface area contributed by atoms with E-state index in [1.807, 2.05) is 77.7 Å². The third-order valence-corrected chi connectivity index (χ3v) is 7.27. The lowest BCUT2D eigenvalue weighted by molar-refractivity contribution is -0.141. The van der Waals surface area contributed by atoms with Crippen LogP contribution < -0.4 is 5.32 Å². The van der Waals surface area contributed by atoms with Crippen LogP contribution in [-0.4, -0.2) is 46.6 Å². The van der Waals surface area contributed by atoms with Crippen LogP contribution >= 0.6 is 0 Å². The van der Waals surface area contributed by atoms with Crippen LogP contribution in [-0.2, 0) is 27.2 Å². The summed E-state index contributed by atoms with van der Waals surface area (Å²) in [4.78, 5) is 44.7. The maximum absolute atomic E-state index is 13.4. The predicted molar refractivity (Wildman–Crippen MR) is 154 cm³/mol. The Morgan fingerprint density at radius 2 is 1.62 bits per heavy atom. The molecule has 1 aliphatic rings. The summed E-state index contributed by atoms with van der Waals surface area (Å²) in [6, 6.07) is 22.8. The van der Waals surface area contributed by atoms with Crippen molar-refractivity contribution in [1.29, 1.82) is 0 Å². The zero-order valence-electron chi connectivity index (χ0n) is 22.4. The average molecular weight is 524 g/mol. The number of unbranched alkanes of at least 4 members (excludes halogenated alkanes) is 1. The summed E-state index contributed by atoms with van der Waals surface area (Å²) in [5.74, 6) is 0.403. The number of Topliss-reactive ketones (excluding diaryl/α,β-unsaturated/α-hetero) is 1. The lowest BCUT2D eigenvalue weighted by Gasteiger charge is -2.39. The van der Waals surface area contributed by atoms with Crippen LogP contribution in [0.2, 0.25) is 0 Å². The molecule has 1 fully saturated rings. The van der Waals surface area contributed by atoms with Gasteiger partial charge in [0, 0.05) is 38.0 Å². The first-order valence-corrected chi connectivity index (χ1v) is 13.8. The van der Waals surface area contributed by atoms with Crippen molar-refractivity contribution in [1.82, 2.24) is 15.2 Å². The van der Waals surface area contributed by atoms with Crippen molar-refractivity contribution in [2.75, 3.05) is 13.1 Å². The molecule has 202 valence electrons. The van der Waals surface area contributed by atoms with E-state index in [0.717, 1.165) is 42.4 Å². The van der Waals surface area contributed by atoms with Crippen LogP contribution in [0, 0.1) is 5.92 Å². The number of rotatable bonds is 12. The van der Waals surface area contributed by atoms with Gasteiger partial charge in [0.1, 0.15) is 0 Å². The number of amides is 2. The molecule has 0 radical (unpaired) electrons. The fourth-order valence-corrected chi connectivity index (χ4v) is 5.17. The van der Waals surface area contributed by atoms with Gasteiger partial charge in [-0.2, -0.15) is 0 Å². The van der Waals surface area contributed by atoms with Crippen molar-refractivity contribution in [3.8, 4) is 0 Å². The second-order valence-electron chi connectivity index (χ2n) is 10.2. The molecule has 0 saturated carbocycles. The molecule has 3 aromatic rings. The number of hydrogen-bond donors (Lipinski definition) is 1. The van der Waals surface area contributed by atoms with Gasteiger partial charge in [-0.05, 0) is 54.0 Å². The predicted octanol–water partition coefficient (Wildman–Crippen LogP) is 5.04. The number of carbonyl (C=O) groups is 3. The van der Waals surface area contributed by atoms with Crippen LogP contribution in [0.5, 0.6) is 0 Å². The third kappa shape index (κ3) is 9.02. The van der Waals surface area contributed by atoms with Crippen LogP contribution in [0.25, 0.3) is 6.08 Å². The zero-order valence-corrected chi connectivity index (χ0v) is 22.4. The number of benzene rings is 2. The van der Waals surface area contributed by atoms with Crippen LogP contribution in [0.1, 0.15) is 48.8 Å². The van der Waals surface area contributed by atoms with Gasteiger partial charge in [0.25, 0.3) is 0 Å². The van der Waals surface area contributed by atoms with Crippen molar-refractivity contribution < 1.29 is 14.4 Å². The first kappa shape index (κ1) is 28.0. The number of ketones is 1. The Morgan fingerprint density at radius 3 is 2.31 bits per heavy atom. The number of likely N-dealkylation sites (tertiary alicyclic amines) is 1. The van der Waals surface area contributed by atoms with Gasteiger partial charge in [0.15, 0.2) is 5.78 Å². The van der Waals surface area contributed by atoms with E-state index in [9.17, 15) is 14.4 Å². The third-order valence-electron chi connectivity index (χ3n) is 7.27. The summed E-state index contributed by atoms with van der Waals surface area (Å²) in [6.07, 6.45) is 11.8. The molecule has 0 aliphatic carbocycles. The van der Waals surface area contributed by atoms with E-state index in [1.54, 1.807) is 18.5 Å². The molecular weight excluding hydrogens is 486 g/mol. The maximum Gasteiger partial charge on any atom is 0.243 e. The normalized spacial score (nSPS) is 17.2. The van der Waals surface area contributed by atoms with Gasteiger partial charge in [0.05, 0.1) is 12.5 Å². The molecule has 1 aliphatic heterocycles. The molecular formula is C33H37N3O3. The van der Waals surface area contributed by atoms with Crippen molar-refractivity contribution in [3.63, 3.8) is 0 Å². The fraction of sp³-hybridized carbons (Fsp3) is 0.333. The number of pyridine rings is 1. The highest BCUT2D eigenvalue weighted by molar-refractivity contribution is 5.92. The molecule has 2 aromatic carbocycles. The maximum atomic E-state index is 13.4. The number of aromatic nitrogens is 1. The van der Waals surface area contributed by atoms with E-state index >= 15 is 0 Å². The Bertz CT molecular complexity index is 1230. The standard InChI is InChI=1S/C33H37N3O3/c37-31(23-26-10-3-1-4-11-26)30-22-28(18-21-36(30)33(39)24-27-12-5-2-6-13-27)14-7-8-20-35-32(38)17-16-29-15-9-19-34-25-29/h1-6,9-13,15-17,19,25,28,30H,7-8,14,18,20-24H2,(H,35,38)/b17-16-. The van der Waals surface area contributed by atoms with Crippen molar-refractivity contribution in [3.05, 3.63) is 108 Å². The molecule has 39 heavy (non-hydrogen) atoms. The van der Waals surface area contributed by atoms with Crippen molar-refractivity contribution >= 4 is 23.7 Å². The smallest absolute Gasteiger partial charge is 0.243 e. The van der Waals surface area contributed by atoms with E-state index in [4.69, 9.17) is 0 Å². The molecule has 2 heterocycles.